The van der Waals surface area contributed by atoms with E-state index >= 15 is 0 Å². The molecule has 0 spiro atoms. The number of nitrogens with one attached hydrogen (secondary N) is 1. The first-order valence-corrected chi connectivity index (χ1v) is 6.11. The van der Waals surface area contributed by atoms with Gasteiger partial charge >= 0.3 is 6.03 Å². The fourth-order valence-electron chi connectivity index (χ4n) is 2.13. The minimum Gasteiger partial charge on any atom is -0.334 e. The molecule has 1 heterocycles. The van der Waals surface area contributed by atoms with Gasteiger partial charge in [0.1, 0.15) is 0 Å². The van der Waals surface area contributed by atoms with Crippen LogP contribution in [0, 0.1) is 0 Å². The van der Waals surface area contributed by atoms with Gasteiger partial charge in [0.2, 0.25) is 0 Å². The molecule has 0 aliphatic carbocycles. The molecule has 1 aliphatic heterocycles. The van der Waals surface area contributed by atoms with Crippen LogP contribution in [0.15, 0.2) is 24.3 Å². The standard InChI is InChI=1S/C13H19N3O/c14-9-11-5-1-2-6-12(11)10-15-13(17)16-7-3-4-8-16/h1-2,5-6H,3-4,7-10,14H2,(H,15,17). The Kier molecular flexibility index (Phi) is 3.98. The maximum absolute atomic E-state index is 11.8. The van der Waals surface area contributed by atoms with Crippen molar-refractivity contribution in [2.75, 3.05) is 13.1 Å². The van der Waals surface area contributed by atoms with E-state index in [9.17, 15) is 4.79 Å². The molecule has 2 rings (SSSR count). The highest BCUT2D eigenvalue weighted by Gasteiger charge is 2.17. The quantitative estimate of drug-likeness (QED) is 0.830. The van der Waals surface area contributed by atoms with Crippen molar-refractivity contribution in [2.45, 2.75) is 25.9 Å². The Labute approximate surface area is 102 Å². The number of carbonyl (C=O) groups excluding carboxylic acids is 1. The molecule has 1 fully saturated rings. The van der Waals surface area contributed by atoms with Gasteiger partial charge in [0.15, 0.2) is 0 Å². The fourth-order valence-corrected chi connectivity index (χ4v) is 2.13. The first-order valence-electron chi connectivity index (χ1n) is 6.11. The minimum atomic E-state index is 0.0364. The lowest BCUT2D eigenvalue weighted by Gasteiger charge is -2.17. The second-order valence-electron chi connectivity index (χ2n) is 4.33. The van der Waals surface area contributed by atoms with Crippen LogP contribution < -0.4 is 11.1 Å². The lowest BCUT2D eigenvalue weighted by molar-refractivity contribution is 0.208. The zero-order chi connectivity index (χ0) is 12.1. The van der Waals surface area contributed by atoms with Crippen LogP contribution in [-0.4, -0.2) is 24.0 Å². The molecule has 3 N–H and O–H groups in total. The molecule has 0 radical (unpaired) electrons. The fraction of sp³-hybridized carbons (Fsp3) is 0.462. The maximum Gasteiger partial charge on any atom is 0.317 e. The molecule has 1 aliphatic rings. The van der Waals surface area contributed by atoms with Gasteiger partial charge in [0, 0.05) is 26.2 Å². The summed E-state index contributed by atoms with van der Waals surface area (Å²) in [6.07, 6.45) is 2.24. The number of urea groups is 1. The number of nitrogens with two attached hydrogens (primary N) is 1. The number of amides is 2. The molecule has 0 bridgehead atoms. The third kappa shape index (κ3) is 2.97. The average Bonchev–Trinajstić information content (AvgIpc) is 2.90. The largest absolute Gasteiger partial charge is 0.334 e. The van der Waals surface area contributed by atoms with Crippen molar-refractivity contribution < 1.29 is 4.79 Å². The van der Waals surface area contributed by atoms with Crippen LogP contribution in [0.3, 0.4) is 0 Å². The third-order valence-corrected chi connectivity index (χ3v) is 3.16. The molecule has 1 aromatic carbocycles. The van der Waals surface area contributed by atoms with E-state index in [0.717, 1.165) is 37.1 Å². The molecule has 0 saturated carbocycles. The van der Waals surface area contributed by atoms with Crippen LogP contribution in [-0.2, 0) is 13.1 Å². The topological polar surface area (TPSA) is 58.4 Å². The van der Waals surface area contributed by atoms with Crippen molar-refractivity contribution in [3.8, 4) is 0 Å². The first kappa shape index (κ1) is 11.9. The molecule has 4 heteroatoms. The van der Waals surface area contributed by atoms with Gasteiger partial charge in [-0.25, -0.2) is 4.79 Å². The van der Waals surface area contributed by atoms with E-state index in [-0.39, 0.29) is 6.03 Å². The van der Waals surface area contributed by atoms with Gasteiger partial charge in [-0.3, -0.25) is 0 Å². The second-order valence-corrected chi connectivity index (χ2v) is 4.33. The maximum atomic E-state index is 11.8. The molecule has 92 valence electrons. The highest BCUT2D eigenvalue weighted by molar-refractivity contribution is 5.74. The van der Waals surface area contributed by atoms with Crippen LogP contribution in [0.2, 0.25) is 0 Å². The Bertz CT molecular complexity index is 386. The lowest BCUT2D eigenvalue weighted by atomic mass is 10.1. The summed E-state index contributed by atoms with van der Waals surface area (Å²) in [6, 6.07) is 7.98. The van der Waals surface area contributed by atoms with Crippen molar-refractivity contribution in [1.29, 1.82) is 0 Å². The van der Waals surface area contributed by atoms with E-state index in [0.29, 0.717) is 13.1 Å². The third-order valence-electron chi connectivity index (χ3n) is 3.16. The highest BCUT2D eigenvalue weighted by Crippen LogP contribution is 2.09. The molecule has 0 atom stereocenters. The zero-order valence-electron chi connectivity index (χ0n) is 9.98. The summed E-state index contributed by atoms with van der Waals surface area (Å²) in [5, 5.41) is 2.95. The van der Waals surface area contributed by atoms with E-state index in [2.05, 4.69) is 5.32 Å². The number of benzene rings is 1. The van der Waals surface area contributed by atoms with Gasteiger partial charge in [-0.1, -0.05) is 24.3 Å². The zero-order valence-corrected chi connectivity index (χ0v) is 9.98. The molecule has 1 saturated heterocycles. The Hall–Kier alpha value is -1.55. The molecule has 17 heavy (non-hydrogen) atoms. The van der Waals surface area contributed by atoms with Crippen molar-refractivity contribution in [3.63, 3.8) is 0 Å². The van der Waals surface area contributed by atoms with E-state index in [1.807, 2.05) is 29.2 Å². The summed E-state index contributed by atoms with van der Waals surface area (Å²) in [6.45, 7) is 2.83. The SMILES string of the molecule is NCc1ccccc1CNC(=O)N1CCCC1. The van der Waals surface area contributed by atoms with Gasteiger partial charge in [0.05, 0.1) is 0 Å². The van der Waals surface area contributed by atoms with Gasteiger partial charge < -0.3 is 16.0 Å². The minimum absolute atomic E-state index is 0.0364. The number of likely N-dealkylation sites (tertiary alicyclic amines) is 1. The molecule has 0 aromatic heterocycles. The summed E-state index contributed by atoms with van der Waals surface area (Å²) in [5.74, 6) is 0. The van der Waals surface area contributed by atoms with Crippen molar-refractivity contribution in [3.05, 3.63) is 35.4 Å². The lowest BCUT2D eigenvalue weighted by Crippen LogP contribution is -2.37. The summed E-state index contributed by atoms with van der Waals surface area (Å²) in [4.78, 5) is 13.7. The summed E-state index contributed by atoms with van der Waals surface area (Å²) in [7, 11) is 0. The predicted molar refractivity (Wildman–Crippen MR) is 67.4 cm³/mol. The van der Waals surface area contributed by atoms with E-state index in [1.165, 1.54) is 0 Å². The van der Waals surface area contributed by atoms with Gasteiger partial charge in [-0.05, 0) is 24.0 Å². The number of carbonyl (C=O) groups is 1. The number of nitrogens with zero attached hydrogens (tertiary/aromatic N) is 1. The summed E-state index contributed by atoms with van der Waals surface area (Å²) < 4.78 is 0. The number of rotatable bonds is 3. The number of hydrogen-bond acceptors (Lipinski definition) is 2. The second kappa shape index (κ2) is 5.68. The van der Waals surface area contributed by atoms with E-state index < -0.39 is 0 Å². The summed E-state index contributed by atoms with van der Waals surface area (Å²) >= 11 is 0. The monoisotopic (exact) mass is 233 g/mol. The first-order chi connectivity index (χ1) is 8.31. The average molecular weight is 233 g/mol. The molecule has 0 unspecified atom stereocenters. The molecule has 2 amide bonds. The van der Waals surface area contributed by atoms with Crippen molar-refractivity contribution >= 4 is 6.03 Å². The molecular formula is C13H19N3O. The summed E-state index contributed by atoms with van der Waals surface area (Å²) in [5.41, 5.74) is 7.85. The Morgan fingerprint density at radius 2 is 1.88 bits per heavy atom. The van der Waals surface area contributed by atoms with Crippen molar-refractivity contribution in [1.82, 2.24) is 10.2 Å². The van der Waals surface area contributed by atoms with Crippen LogP contribution in [0.5, 0.6) is 0 Å². The number of hydrogen-bond donors (Lipinski definition) is 2. The molecular weight excluding hydrogens is 214 g/mol. The Morgan fingerprint density at radius 3 is 2.53 bits per heavy atom. The Balaban J connectivity index is 1.90. The van der Waals surface area contributed by atoms with Crippen LogP contribution in [0.4, 0.5) is 4.79 Å². The van der Waals surface area contributed by atoms with Gasteiger partial charge in [-0.15, -0.1) is 0 Å². The highest BCUT2D eigenvalue weighted by atomic mass is 16.2. The van der Waals surface area contributed by atoms with E-state index in [1.54, 1.807) is 0 Å². The van der Waals surface area contributed by atoms with E-state index in [4.69, 9.17) is 5.73 Å². The van der Waals surface area contributed by atoms with Crippen LogP contribution >= 0.6 is 0 Å². The Morgan fingerprint density at radius 1 is 1.24 bits per heavy atom. The van der Waals surface area contributed by atoms with Gasteiger partial charge in [-0.2, -0.15) is 0 Å². The van der Waals surface area contributed by atoms with Crippen molar-refractivity contribution in [2.24, 2.45) is 5.73 Å². The molecule has 1 aromatic rings. The predicted octanol–water partition coefficient (Wildman–Crippen LogP) is 1.45. The normalized spacial score (nSPS) is 15.0. The smallest absolute Gasteiger partial charge is 0.317 e. The van der Waals surface area contributed by atoms with Crippen LogP contribution in [0.1, 0.15) is 24.0 Å². The van der Waals surface area contributed by atoms with Gasteiger partial charge in [0.25, 0.3) is 0 Å². The van der Waals surface area contributed by atoms with Crippen LogP contribution in [0.25, 0.3) is 0 Å². The molecule has 4 nitrogen and oxygen atoms in total.